The van der Waals surface area contributed by atoms with Crippen LogP contribution in [0.15, 0.2) is 24.4 Å². The Morgan fingerprint density at radius 3 is 1.98 bits per heavy atom. The summed E-state index contributed by atoms with van der Waals surface area (Å²) in [5.41, 5.74) is 0.838. The average Bonchev–Trinajstić information content (AvgIpc) is 3.00. The van der Waals surface area contributed by atoms with Crippen molar-refractivity contribution in [2.24, 2.45) is 0 Å². The normalized spacial score (nSPS) is 10.6. The molecule has 0 atom stereocenters. The van der Waals surface area contributed by atoms with Gasteiger partial charge in [0.2, 0.25) is 11.6 Å². The smallest absolute Gasteiger partial charge is 0.417 e. The van der Waals surface area contributed by atoms with Gasteiger partial charge in [0.1, 0.15) is 19.7 Å². The summed E-state index contributed by atoms with van der Waals surface area (Å²) < 4.78 is 23.0. The number of unbranched alkanes of at least 4 members (excludes halogenated alkanes) is 12. The van der Waals surface area contributed by atoms with E-state index in [1.54, 1.807) is 0 Å². The minimum absolute atomic E-state index is 0. The standard InChI is InChI=1S/C33H57N3O7.HI/c1-4-6-7-8-9-10-11-12-13-14-15-16-18-22-34-32(38)43-29-41-25-20-24-40-26-27-42-33(39)36(30(3)37)28-31-21-17-19-23-35(31)5-2;/h17,19,21,23H,4-16,18,20,22,24-29H2,1-3H3;1H. The summed E-state index contributed by atoms with van der Waals surface area (Å²) in [6, 6.07) is 5.64. The predicted octanol–water partition coefficient (Wildman–Crippen LogP) is 3.68. The average molecular weight is 736 g/mol. The molecule has 0 bridgehead atoms. The molecule has 0 aromatic carbocycles. The predicted molar refractivity (Wildman–Crippen MR) is 166 cm³/mol. The number of alkyl carbamates (subject to hydrolysis) is 1. The van der Waals surface area contributed by atoms with Crippen LogP contribution in [-0.4, -0.2) is 62.8 Å². The zero-order chi connectivity index (χ0) is 31.4. The fraction of sp³-hybridized carbons (Fsp3) is 0.758. The third kappa shape index (κ3) is 22.5. The van der Waals surface area contributed by atoms with Gasteiger partial charge in [-0.3, -0.25) is 4.79 Å². The molecule has 1 heterocycles. The number of hydrogen-bond donors (Lipinski definition) is 1. The lowest BCUT2D eigenvalue weighted by atomic mass is 10.0. The second-order valence-corrected chi connectivity index (χ2v) is 10.8. The SMILES string of the molecule is CCCCCCCCCCCCCCCNC(=O)OCOCCCOCCOC(=O)N(Cc1cccc[n+]1CC)C(C)=O.[I-]. The Hall–Kier alpha value is -1.99. The Labute approximate surface area is 282 Å². The van der Waals surface area contributed by atoms with Crippen LogP contribution in [0.1, 0.15) is 116 Å². The molecule has 0 saturated heterocycles. The van der Waals surface area contributed by atoms with Crippen molar-refractivity contribution in [3.63, 3.8) is 0 Å². The minimum Gasteiger partial charge on any atom is -1.00 e. The number of nitrogens with one attached hydrogen (secondary N) is 1. The Morgan fingerprint density at radius 2 is 1.36 bits per heavy atom. The van der Waals surface area contributed by atoms with Crippen LogP contribution in [0, 0.1) is 0 Å². The molecule has 0 spiro atoms. The van der Waals surface area contributed by atoms with E-state index in [0.29, 0.717) is 26.2 Å². The van der Waals surface area contributed by atoms with Crippen LogP contribution < -0.4 is 33.9 Å². The molecule has 254 valence electrons. The summed E-state index contributed by atoms with van der Waals surface area (Å²) >= 11 is 0. The number of pyridine rings is 1. The van der Waals surface area contributed by atoms with Gasteiger partial charge in [-0.25, -0.2) is 19.1 Å². The number of aromatic nitrogens is 1. The lowest BCUT2D eigenvalue weighted by Crippen LogP contribution is -3.00. The first-order chi connectivity index (χ1) is 21.0. The number of hydrogen-bond acceptors (Lipinski definition) is 7. The topological polar surface area (TPSA) is 107 Å². The molecule has 3 amide bonds. The molecule has 11 heteroatoms. The number of aryl methyl sites for hydroxylation is 1. The first kappa shape index (κ1) is 42.0. The van der Waals surface area contributed by atoms with E-state index in [9.17, 15) is 14.4 Å². The molecule has 1 rings (SSSR count). The van der Waals surface area contributed by atoms with Gasteiger partial charge in [0.25, 0.3) is 0 Å². The third-order valence-electron chi connectivity index (χ3n) is 7.15. The second kappa shape index (κ2) is 29.7. The highest BCUT2D eigenvalue weighted by Gasteiger charge is 2.23. The van der Waals surface area contributed by atoms with Crippen molar-refractivity contribution in [1.29, 1.82) is 0 Å². The first-order valence-corrected chi connectivity index (χ1v) is 16.5. The van der Waals surface area contributed by atoms with Gasteiger partial charge in [0.15, 0.2) is 13.0 Å². The largest absolute Gasteiger partial charge is 1.00 e. The Kier molecular flexibility index (Phi) is 28.4. The van der Waals surface area contributed by atoms with Gasteiger partial charge in [-0.2, -0.15) is 0 Å². The first-order valence-electron chi connectivity index (χ1n) is 16.5. The summed E-state index contributed by atoms with van der Waals surface area (Å²) in [5, 5.41) is 2.76. The van der Waals surface area contributed by atoms with E-state index in [0.717, 1.165) is 30.0 Å². The van der Waals surface area contributed by atoms with Crippen LogP contribution in [-0.2, 0) is 36.8 Å². The molecule has 1 aromatic rings. The van der Waals surface area contributed by atoms with E-state index in [-0.39, 0.29) is 56.4 Å². The number of nitrogens with zero attached hydrogens (tertiary/aromatic N) is 2. The fourth-order valence-electron chi connectivity index (χ4n) is 4.60. The summed E-state index contributed by atoms with van der Waals surface area (Å²) in [6.45, 7) is 7.98. The van der Waals surface area contributed by atoms with Crippen molar-refractivity contribution in [1.82, 2.24) is 10.2 Å². The lowest BCUT2D eigenvalue weighted by molar-refractivity contribution is -0.701. The van der Waals surface area contributed by atoms with E-state index in [2.05, 4.69) is 12.2 Å². The van der Waals surface area contributed by atoms with E-state index in [1.165, 1.54) is 77.6 Å². The number of ether oxygens (including phenoxy) is 4. The minimum atomic E-state index is -0.699. The molecule has 10 nitrogen and oxygen atoms in total. The molecule has 0 saturated carbocycles. The van der Waals surface area contributed by atoms with Gasteiger partial charge in [-0.1, -0.05) is 90.0 Å². The molecule has 0 aliphatic rings. The van der Waals surface area contributed by atoms with E-state index < -0.39 is 12.2 Å². The Balaban J connectivity index is 0.0000185. The molecule has 1 N–H and O–H groups in total. The lowest BCUT2D eigenvalue weighted by Gasteiger charge is -2.17. The van der Waals surface area contributed by atoms with Crippen LogP contribution >= 0.6 is 0 Å². The molecular weight excluding hydrogens is 677 g/mol. The van der Waals surface area contributed by atoms with Crippen molar-refractivity contribution >= 4 is 18.1 Å². The van der Waals surface area contributed by atoms with Crippen molar-refractivity contribution in [3.05, 3.63) is 30.1 Å². The molecular formula is C33H58IN3O7. The van der Waals surface area contributed by atoms with Crippen molar-refractivity contribution < 1.29 is 61.9 Å². The van der Waals surface area contributed by atoms with Crippen LogP contribution in [0.3, 0.4) is 0 Å². The van der Waals surface area contributed by atoms with Crippen molar-refractivity contribution in [2.45, 2.75) is 124 Å². The van der Waals surface area contributed by atoms with Crippen LogP contribution in [0.5, 0.6) is 0 Å². The van der Waals surface area contributed by atoms with Gasteiger partial charge in [0.05, 0.1) is 13.2 Å². The third-order valence-corrected chi connectivity index (χ3v) is 7.15. The quantitative estimate of drug-likeness (QED) is 0.0670. The van der Waals surface area contributed by atoms with Crippen LogP contribution in [0.2, 0.25) is 0 Å². The number of amides is 3. The number of imide groups is 1. The molecule has 0 unspecified atom stereocenters. The highest BCUT2D eigenvalue weighted by Crippen LogP contribution is 2.12. The fourth-order valence-corrected chi connectivity index (χ4v) is 4.60. The van der Waals surface area contributed by atoms with Gasteiger partial charge in [0, 0.05) is 32.2 Å². The number of carbonyl (C=O) groups is 3. The molecule has 0 aliphatic heterocycles. The number of halogens is 1. The summed E-state index contributed by atoms with van der Waals surface area (Å²) in [7, 11) is 0. The molecule has 0 aliphatic carbocycles. The van der Waals surface area contributed by atoms with Gasteiger partial charge in [-0.15, -0.1) is 0 Å². The molecule has 0 radical (unpaired) electrons. The monoisotopic (exact) mass is 735 g/mol. The zero-order valence-corrected chi connectivity index (χ0v) is 29.7. The second-order valence-electron chi connectivity index (χ2n) is 10.8. The van der Waals surface area contributed by atoms with Crippen LogP contribution in [0.4, 0.5) is 9.59 Å². The Bertz CT molecular complexity index is 876. The molecule has 44 heavy (non-hydrogen) atoms. The van der Waals surface area contributed by atoms with Crippen molar-refractivity contribution in [3.8, 4) is 0 Å². The van der Waals surface area contributed by atoms with Crippen LogP contribution in [0.25, 0.3) is 0 Å². The Morgan fingerprint density at radius 1 is 0.750 bits per heavy atom. The van der Waals surface area contributed by atoms with E-state index in [4.69, 9.17) is 18.9 Å². The van der Waals surface area contributed by atoms with Gasteiger partial charge in [-0.05, 0) is 19.8 Å². The maximum atomic E-state index is 12.4. The number of rotatable bonds is 26. The maximum Gasteiger partial charge on any atom is 0.417 e. The van der Waals surface area contributed by atoms with E-state index in [1.807, 2.05) is 35.9 Å². The number of carbonyl (C=O) groups excluding carboxylic acids is 3. The summed E-state index contributed by atoms with van der Waals surface area (Å²) in [4.78, 5) is 37.2. The summed E-state index contributed by atoms with van der Waals surface area (Å²) in [5.74, 6) is -0.384. The van der Waals surface area contributed by atoms with Gasteiger partial charge >= 0.3 is 12.2 Å². The van der Waals surface area contributed by atoms with Crippen molar-refractivity contribution in [2.75, 3.05) is 39.8 Å². The highest BCUT2D eigenvalue weighted by molar-refractivity contribution is 5.90. The van der Waals surface area contributed by atoms with E-state index >= 15 is 0 Å². The van der Waals surface area contributed by atoms with Gasteiger partial charge < -0.3 is 48.2 Å². The highest BCUT2D eigenvalue weighted by atomic mass is 127. The zero-order valence-electron chi connectivity index (χ0n) is 27.5. The molecule has 1 aromatic heterocycles. The molecule has 0 fully saturated rings. The summed E-state index contributed by atoms with van der Waals surface area (Å²) in [6.07, 6.45) is 18.2. The maximum absolute atomic E-state index is 12.4.